The highest BCUT2D eigenvalue weighted by Gasteiger charge is 2.30. The number of ether oxygens (including phenoxy) is 3. The zero-order valence-corrected chi connectivity index (χ0v) is 36.5. The number of amides is 1. The van der Waals surface area contributed by atoms with E-state index < -0.39 is 24.2 Å². The number of Topliss-reactive ketones (excluding diaryl/α,β-unsaturated/α-hetero) is 1. The molecule has 14 nitrogen and oxygen atoms in total. The molecule has 0 unspecified atom stereocenters. The number of phenols is 1. The lowest BCUT2D eigenvalue weighted by Gasteiger charge is -2.35. The summed E-state index contributed by atoms with van der Waals surface area (Å²) in [4.78, 5) is 56.2. The van der Waals surface area contributed by atoms with Crippen molar-refractivity contribution >= 4 is 40.1 Å². The summed E-state index contributed by atoms with van der Waals surface area (Å²) < 4.78 is 23.3. The fourth-order valence-electron chi connectivity index (χ4n) is 8.00. The van der Waals surface area contributed by atoms with E-state index in [0.29, 0.717) is 54.8 Å². The van der Waals surface area contributed by atoms with Gasteiger partial charge in [-0.3, -0.25) is 14.5 Å². The maximum atomic E-state index is 13.6. The van der Waals surface area contributed by atoms with Crippen LogP contribution in [-0.2, 0) is 16.1 Å². The van der Waals surface area contributed by atoms with Gasteiger partial charge in [0.1, 0.15) is 30.0 Å². The van der Waals surface area contributed by atoms with Crippen molar-refractivity contribution in [2.45, 2.75) is 63.9 Å². The molecule has 6 aromatic rings. The molecule has 4 heterocycles. The van der Waals surface area contributed by atoms with Crippen LogP contribution in [0.1, 0.15) is 93.9 Å². The summed E-state index contributed by atoms with van der Waals surface area (Å²) in [6, 6.07) is 29.5. The number of H-pyrrole nitrogens is 1. The van der Waals surface area contributed by atoms with Crippen LogP contribution in [0, 0.1) is 5.92 Å². The van der Waals surface area contributed by atoms with Gasteiger partial charge in [0.15, 0.2) is 5.78 Å². The van der Waals surface area contributed by atoms with Gasteiger partial charge < -0.3 is 44.5 Å². The Kier molecular flexibility index (Phi) is 16.0. The number of piperidine rings is 1. The van der Waals surface area contributed by atoms with Gasteiger partial charge in [0.2, 0.25) is 11.3 Å². The van der Waals surface area contributed by atoms with Gasteiger partial charge >= 0.3 is 12.1 Å². The maximum absolute atomic E-state index is 13.6. The van der Waals surface area contributed by atoms with Crippen molar-refractivity contribution in [1.82, 2.24) is 20.5 Å². The second-order valence-electron chi connectivity index (χ2n) is 15.8. The number of furan rings is 1. The Hall–Kier alpha value is -6.26. The number of pyridine rings is 1. The number of aromatic amines is 1. The van der Waals surface area contributed by atoms with Crippen LogP contribution >= 0.6 is 11.3 Å². The fourth-order valence-corrected chi connectivity index (χ4v) is 8.65. The minimum absolute atomic E-state index is 0.0524. The maximum Gasteiger partial charge on any atom is 0.408 e. The fraction of sp³-hybridized carbons (Fsp3) is 0.347. The van der Waals surface area contributed by atoms with E-state index in [9.17, 15) is 29.4 Å². The summed E-state index contributed by atoms with van der Waals surface area (Å²) in [6.45, 7) is 5.03. The summed E-state index contributed by atoms with van der Waals surface area (Å²) in [5, 5.41) is 29.6. The first-order valence-electron chi connectivity index (χ1n) is 21.7. The number of carbonyl (C=O) groups is 3. The van der Waals surface area contributed by atoms with Crippen LogP contribution in [0.2, 0.25) is 0 Å². The van der Waals surface area contributed by atoms with Crippen LogP contribution in [0.3, 0.4) is 0 Å². The normalized spacial score (nSPS) is 14.7. The number of hydrogen-bond donors (Lipinski definition) is 5. The molecule has 64 heavy (non-hydrogen) atoms. The number of aliphatic hydroxyl groups is 1. The Labute approximate surface area is 375 Å². The van der Waals surface area contributed by atoms with Gasteiger partial charge in [-0.25, -0.2) is 9.59 Å². The molecule has 336 valence electrons. The number of fused-ring (bicyclic) bond motifs is 1. The van der Waals surface area contributed by atoms with Gasteiger partial charge in [-0.15, -0.1) is 11.3 Å². The summed E-state index contributed by atoms with van der Waals surface area (Å²) in [5.41, 5.74) is 2.18. The number of aliphatic hydroxyl groups excluding tert-OH is 1. The number of carbonyl (C=O) groups excluding carboxylic acids is 3. The Morgan fingerprint density at radius 3 is 2.53 bits per heavy atom. The van der Waals surface area contributed by atoms with Gasteiger partial charge in [-0.05, 0) is 122 Å². The molecule has 5 N–H and O–H groups in total. The van der Waals surface area contributed by atoms with Crippen molar-refractivity contribution in [3.8, 4) is 11.5 Å². The molecule has 3 aromatic heterocycles. The Morgan fingerprint density at radius 1 is 0.938 bits per heavy atom. The van der Waals surface area contributed by atoms with E-state index in [-0.39, 0.29) is 60.1 Å². The van der Waals surface area contributed by atoms with Gasteiger partial charge in [-0.1, -0.05) is 61.5 Å². The number of nitrogens with one attached hydrogen (secondary N) is 3. The van der Waals surface area contributed by atoms with Crippen LogP contribution in [0.4, 0.5) is 4.79 Å². The van der Waals surface area contributed by atoms with Crippen molar-refractivity contribution in [2.24, 2.45) is 5.92 Å². The van der Waals surface area contributed by atoms with E-state index >= 15 is 0 Å². The van der Waals surface area contributed by atoms with Gasteiger partial charge in [0.25, 0.3) is 0 Å². The molecule has 1 amide bonds. The molecule has 1 saturated heterocycles. The average molecular weight is 891 g/mol. The van der Waals surface area contributed by atoms with Gasteiger partial charge in [0.05, 0.1) is 35.7 Å². The summed E-state index contributed by atoms with van der Waals surface area (Å²) in [6.07, 6.45) is 1.99. The number of likely N-dealkylation sites (tertiary alicyclic amines) is 1. The van der Waals surface area contributed by atoms with Crippen LogP contribution in [0.25, 0.3) is 10.9 Å². The molecule has 7 rings (SSSR count). The van der Waals surface area contributed by atoms with Crippen LogP contribution < -0.4 is 20.9 Å². The lowest BCUT2D eigenvalue weighted by atomic mass is 9.89. The van der Waals surface area contributed by atoms with E-state index in [4.69, 9.17) is 18.6 Å². The van der Waals surface area contributed by atoms with Crippen LogP contribution in [-0.4, -0.2) is 83.4 Å². The molecule has 1 aliphatic rings. The van der Waals surface area contributed by atoms with Crippen molar-refractivity contribution in [2.75, 3.05) is 39.3 Å². The Bertz CT molecular complexity index is 2520. The standard InChI is InChI=1S/C49H54N4O10S/c1-2-42(32-21-24-53(25-22-32)30-41(56)44-14-9-27-64-44)63-49(59)52-46(33-10-4-3-5-11-33)34-12-8-13-35(28-34)61-31-36-15-19-43(62-36)48(58)60-26-7-6-23-50-29-40(55)37-16-18-39(54)47-38(37)17-20-45(57)51-47/h3-5,8-20,27-28,32,40,42,46,50,54-55H,2,6-7,21-26,29-31H2,1H3,(H,51,57)(H,52,59)/t40-,42-,46-/m0/s1. The molecule has 0 saturated carbocycles. The molecular weight excluding hydrogens is 837 g/mol. The first-order valence-corrected chi connectivity index (χ1v) is 22.6. The lowest BCUT2D eigenvalue weighted by molar-refractivity contribution is 0.0310. The quantitative estimate of drug-likeness (QED) is 0.0267. The SMILES string of the molecule is CC[C@H](OC(=O)N[C@@H](c1ccccc1)c1cccc(OCc2ccc(C(=O)OCCCCNC[C@H](O)c3ccc(O)c4[nH]c(=O)ccc34)o2)c1)C1CCN(CC(=O)c2cccs2)CC1. The van der Waals surface area contributed by atoms with E-state index in [1.165, 1.54) is 23.5 Å². The molecule has 0 spiro atoms. The third-order valence-corrected chi connectivity index (χ3v) is 12.3. The number of benzene rings is 3. The molecule has 0 radical (unpaired) electrons. The smallest absolute Gasteiger partial charge is 0.408 e. The highest BCUT2D eigenvalue weighted by Crippen LogP contribution is 2.30. The van der Waals surface area contributed by atoms with E-state index in [1.54, 1.807) is 24.3 Å². The van der Waals surface area contributed by atoms with Crippen molar-refractivity contribution in [3.63, 3.8) is 0 Å². The van der Waals surface area contributed by atoms with Crippen molar-refractivity contribution in [1.29, 1.82) is 0 Å². The molecule has 0 bridgehead atoms. The molecule has 0 aliphatic carbocycles. The van der Waals surface area contributed by atoms with Crippen LogP contribution in [0.5, 0.6) is 11.5 Å². The number of alkyl carbamates (subject to hydrolysis) is 1. The number of rotatable bonds is 21. The number of aromatic hydroxyl groups is 1. The lowest BCUT2D eigenvalue weighted by Crippen LogP contribution is -2.42. The first-order chi connectivity index (χ1) is 31.1. The third kappa shape index (κ3) is 12.3. The predicted octanol–water partition coefficient (Wildman–Crippen LogP) is 7.92. The number of esters is 1. The van der Waals surface area contributed by atoms with Gasteiger partial charge in [-0.2, -0.15) is 0 Å². The Balaban J connectivity index is 0.847. The number of hydrogen-bond acceptors (Lipinski definition) is 13. The molecule has 3 atom stereocenters. The van der Waals surface area contributed by atoms with Gasteiger partial charge in [0, 0.05) is 18.0 Å². The monoisotopic (exact) mass is 890 g/mol. The molecule has 3 aromatic carbocycles. The van der Waals surface area contributed by atoms with Crippen molar-refractivity contribution in [3.05, 3.63) is 152 Å². The second kappa shape index (κ2) is 22.4. The third-order valence-electron chi connectivity index (χ3n) is 11.4. The Morgan fingerprint density at radius 2 is 1.75 bits per heavy atom. The van der Waals surface area contributed by atoms with E-state index in [2.05, 4.69) is 20.5 Å². The first kappa shape index (κ1) is 45.8. The minimum Gasteiger partial charge on any atom is -0.506 e. The molecule has 1 fully saturated rings. The number of ketones is 1. The van der Waals surface area contributed by atoms with Crippen molar-refractivity contribution < 1.29 is 43.2 Å². The number of thiophene rings is 1. The summed E-state index contributed by atoms with van der Waals surface area (Å²) in [7, 11) is 0. The predicted molar refractivity (Wildman–Crippen MR) is 243 cm³/mol. The second-order valence-corrected chi connectivity index (χ2v) is 16.8. The largest absolute Gasteiger partial charge is 0.506 e. The summed E-state index contributed by atoms with van der Waals surface area (Å²) in [5.74, 6) is 0.705. The zero-order valence-electron chi connectivity index (χ0n) is 35.7. The number of aromatic nitrogens is 1. The average Bonchev–Trinajstić information content (AvgIpc) is 4.04. The number of nitrogens with zero attached hydrogens (tertiary/aromatic N) is 1. The molecule has 15 heteroatoms. The molecular formula is C49H54N4O10S. The summed E-state index contributed by atoms with van der Waals surface area (Å²) >= 11 is 1.47. The highest BCUT2D eigenvalue weighted by molar-refractivity contribution is 7.12. The molecule has 1 aliphatic heterocycles. The zero-order chi connectivity index (χ0) is 44.8. The highest BCUT2D eigenvalue weighted by atomic mass is 32.1. The van der Waals surface area contributed by atoms with E-state index in [1.807, 2.05) is 79.0 Å². The number of unbranched alkanes of at least 4 members (excludes halogenated alkanes) is 1. The van der Waals surface area contributed by atoms with Crippen LogP contribution in [0.15, 0.2) is 118 Å². The topological polar surface area (TPSA) is 193 Å². The van der Waals surface area contributed by atoms with E-state index in [0.717, 1.165) is 41.9 Å². The number of phenolic OH excluding ortho intramolecular Hbond substituents is 1. The minimum atomic E-state index is -0.867.